The molecule has 0 aromatic carbocycles. The lowest BCUT2D eigenvalue weighted by Gasteiger charge is -2.28. The van der Waals surface area contributed by atoms with Gasteiger partial charge in [0.2, 0.25) is 0 Å². The summed E-state index contributed by atoms with van der Waals surface area (Å²) in [7, 11) is 0. The Bertz CT molecular complexity index is 317. The minimum absolute atomic E-state index is 0.0891. The number of ether oxygens (including phenoxy) is 2. The number of aliphatic hydroxyl groups excluding tert-OH is 1. The van der Waals surface area contributed by atoms with Gasteiger partial charge in [0.1, 0.15) is 11.2 Å². The van der Waals surface area contributed by atoms with Crippen molar-refractivity contribution in [1.82, 2.24) is 10.4 Å². The molecule has 0 spiro atoms. The topological polar surface area (TPSA) is 88.1 Å². The highest BCUT2D eigenvalue weighted by atomic mass is 16.6. The number of hydrogen-bond donors (Lipinski definition) is 2. The summed E-state index contributed by atoms with van der Waals surface area (Å²) in [6, 6.07) is 0. The molecular formula is C12H24N2O5. The molecule has 7 heteroatoms. The largest absolute Gasteiger partial charge is 0.443 e. The number of hydrazine groups is 1. The lowest BCUT2D eigenvalue weighted by atomic mass is 10.2. The Morgan fingerprint density at radius 2 is 1.53 bits per heavy atom. The Morgan fingerprint density at radius 1 is 1.05 bits per heavy atom. The second kappa shape index (κ2) is 6.60. The first-order chi connectivity index (χ1) is 8.44. The third-order valence-corrected chi connectivity index (χ3v) is 1.56. The fourth-order valence-electron chi connectivity index (χ4n) is 1.02. The molecule has 0 heterocycles. The van der Waals surface area contributed by atoms with Crippen LogP contribution in [0.2, 0.25) is 0 Å². The molecule has 7 nitrogen and oxygen atoms in total. The summed E-state index contributed by atoms with van der Waals surface area (Å²) in [5.41, 5.74) is 0.863. The van der Waals surface area contributed by atoms with Crippen LogP contribution >= 0.6 is 0 Å². The van der Waals surface area contributed by atoms with Crippen molar-refractivity contribution in [3.05, 3.63) is 0 Å². The van der Waals surface area contributed by atoms with Gasteiger partial charge in [-0.1, -0.05) is 0 Å². The Balaban J connectivity index is 4.57. The molecule has 0 aliphatic carbocycles. The van der Waals surface area contributed by atoms with Gasteiger partial charge in [-0.2, -0.15) is 0 Å². The van der Waals surface area contributed by atoms with Crippen LogP contribution < -0.4 is 5.43 Å². The van der Waals surface area contributed by atoms with E-state index in [4.69, 9.17) is 14.6 Å². The van der Waals surface area contributed by atoms with Gasteiger partial charge in [-0.25, -0.2) is 20.0 Å². The highest BCUT2D eigenvalue weighted by Gasteiger charge is 2.25. The molecule has 19 heavy (non-hydrogen) atoms. The van der Waals surface area contributed by atoms with Crippen molar-refractivity contribution in [3.8, 4) is 0 Å². The van der Waals surface area contributed by atoms with Crippen molar-refractivity contribution in [2.75, 3.05) is 13.2 Å². The second-order valence-electron chi connectivity index (χ2n) is 5.97. The van der Waals surface area contributed by atoms with E-state index in [-0.39, 0.29) is 13.2 Å². The summed E-state index contributed by atoms with van der Waals surface area (Å²) >= 11 is 0. The molecule has 0 aliphatic rings. The van der Waals surface area contributed by atoms with E-state index in [1.807, 2.05) is 0 Å². The predicted octanol–water partition coefficient (Wildman–Crippen LogP) is 1.66. The predicted molar refractivity (Wildman–Crippen MR) is 69.4 cm³/mol. The number of carbonyl (C=O) groups excluding carboxylic acids is 2. The Labute approximate surface area is 113 Å². The van der Waals surface area contributed by atoms with Gasteiger partial charge in [-0.05, 0) is 41.5 Å². The zero-order valence-corrected chi connectivity index (χ0v) is 12.4. The van der Waals surface area contributed by atoms with Crippen molar-refractivity contribution in [2.45, 2.75) is 52.7 Å². The summed E-state index contributed by atoms with van der Waals surface area (Å²) < 4.78 is 10.1. The molecule has 0 aliphatic heterocycles. The fourth-order valence-corrected chi connectivity index (χ4v) is 1.02. The monoisotopic (exact) mass is 276 g/mol. The molecule has 0 radical (unpaired) electrons. The number of carbonyl (C=O) groups is 2. The van der Waals surface area contributed by atoms with Crippen molar-refractivity contribution < 1.29 is 24.2 Å². The number of nitrogens with one attached hydrogen (secondary N) is 1. The average Bonchev–Trinajstić information content (AvgIpc) is 2.10. The van der Waals surface area contributed by atoms with Gasteiger partial charge in [-0.15, -0.1) is 0 Å². The number of rotatable bonds is 2. The molecule has 0 rings (SSSR count). The number of aliphatic hydroxyl groups is 1. The van der Waals surface area contributed by atoms with E-state index in [9.17, 15) is 9.59 Å². The van der Waals surface area contributed by atoms with Crippen LogP contribution in [0.5, 0.6) is 0 Å². The molecule has 0 atom stereocenters. The maximum atomic E-state index is 11.8. The van der Waals surface area contributed by atoms with E-state index in [2.05, 4.69) is 5.43 Å². The molecule has 2 amide bonds. The smallest absolute Gasteiger partial charge is 0.429 e. The molecule has 0 saturated carbocycles. The van der Waals surface area contributed by atoms with Gasteiger partial charge < -0.3 is 14.6 Å². The van der Waals surface area contributed by atoms with Gasteiger partial charge >= 0.3 is 12.2 Å². The van der Waals surface area contributed by atoms with Gasteiger partial charge in [-0.3, -0.25) is 0 Å². The molecule has 0 aromatic heterocycles. The van der Waals surface area contributed by atoms with Crippen LogP contribution in [0, 0.1) is 0 Å². The van der Waals surface area contributed by atoms with E-state index < -0.39 is 23.4 Å². The first-order valence-electron chi connectivity index (χ1n) is 6.05. The fraction of sp³-hybridized carbons (Fsp3) is 0.833. The minimum Gasteiger partial charge on any atom is -0.443 e. The van der Waals surface area contributed by atoms with Crippen LogP contribution in [0.15, 0.2) is 0 Å². The molecule has 112 valence electrons. The number of amides is 2. The van der Waals surface area contributed by atoms with Crippen LogP contribution in [-0.2, 0) is 9.47 Å². The SMILES string of the molecule is CC(C)(C)OC(=O)NN(CCO)C(=O)OC(C)(C)C. The van der Waals surface area contributed by atoms with E-state index in [1.54, 1.807) is 41.5 Å². The molecule has 0 fully saturated rings. The van der Waals surface area contributed by atoms with Gasteiger partial charge in [0.15, 0.2) is 0 Å². The lowest BCUT2D eigenvalue weighted by molar-refractivity contribution is -0.00185. The first-order valence-corrected chi connectivity index (χ1v) is 6.05. The van der Waals surface area contributed by atoms with Crippen LogP contribution in [0.25, 0.3) is 0 Å². The van der Waals surface area contributed by atoms with Crippen molar-refractivity contribution in [2.24, 2.45) is 0 Å². The van der Waals surface area contributed by atoms with Crippen LogP contribution in [0.1, 0.15) is 41.5 Å². The average molecular weight is 276 g/mol. The van der Waals surface area contributed by atoms with Gasteiger partial charge in [0.25, 0.3) is 0 Å². The minimum atomic E-state index is -0.785. The standard InChI is InChI=1S/C12H24N2O5/c1-11(2,3)18-9(16)13-14(7-8-15)10(17)19-12(4,5)6/h15H,7-8H2,1-6H3,(H,13,16). The van der Waals surface area contributed by atoms with E-state index in [1.165, 1.54) is 0 Å². The zero-order chi connectivity index (χ0) is 15.3. The number of nitrogens with zero attached hydrogens (tertiary/aromatic N) is 1. The maximum absolute atomic E-state index is 11.8. The highest BCUT2D eigenvalue weighted by Crippen LogP contribution is 2.10. The van der Waals surface area contributed by atoms with Crippen LogP contribution in [0.3, 0.4) is 0 Å². The molecule has 2 N–H and O–H groups in total. The highest BCUT2D eigenvalue weighted by molar-refractivity contribution is 5.74. The van der Waals surface area contributed by atoms with Gasteiger partial charge in [0.05, 0.1) is 13.2 Å². The van der Waals surface area contributed by atoms with Crippen molar-refractivity contribution >= 4 is 12.2 Å². The molecule has 0 saturated heterocycles. The number of hydrogen-bond acceptors (Lipinski definition) is 5. The molecule has 0 bridgehead atoms. The Morgan fingerprint density at radius 3 is 1.89 bits per heavy atom. The quantitative estimate of drug-likeness (QED) is 0.749. The van der Waals surface area contributed by atoms with E-state index in [0.717, 1.165) is 5.01 Å². The second-order valence-corrected chi connectivity index (χ2v) is 5.97. The third-order valence-electron chi connectivity index (χ3n) is 1.56. The van der Waals surface area contributed by atoms with Crippen molar-refractivity contribution in [3.63, 3.8) is 0 Å². The first kappa shape index (κ1) is 17.5. The lowest BCUT2D eigenvalue weighted by Crippen LogP contribution is -2.50. The molecular weight excluding hydrogens is 252 g/mol. The summed E-state index contributed by atoms with van der Waals surface area (Å²) in [5.74, 6) is 0. The summed E-state index contributed by atoms with van der Waals surface area (Å²) in [6.45, 7) is 9.83. The van der Waals surface area contributed by atoms with Crippen LogP contribution in [-0.4, -0.2) is 46.7 Å². The Hall–Kier alpha value is -1.50. The van der Waals surface area contributed by atoms with E-state index in [0.29, 0.717) is 0 Å². The van der Waals surface area contributed by atoms with Crippen LogP contribution in [0.4, 0.5) is 9.59 Å². The molecule has 0 aromatic rings. The maximum Gasteiger partial charge on any atom is 0.429 e. The van der Waals surface area contributed by atoms with E-state index >= 15 is 0 Å². The summed E-state index contributed by atoms with van der Waals surface area (Å²) in [5, 5.41) is 9.76. The normalized spacial score (nSPS) is 11.7. The Kier molecular flexibility index (Phi) is 6.08. The zero-order valence-electron chi connectivity index (χ0n) is 12.4. The van der Waals surface area contributed by atoms with Gasteiger partial charge in [0, 0.05) is 0 Å². The summed E-state index contributed by atoms with van der Waals surface area (Å²) in [6.07, 6.45) is -1.54. The van der Waals surface area contributed by atoms with Crippen molar-refractivity contribution in [1.29, 1.82) is 0 Å². The molecule has 0 unspecified atom stereocenters. The summed E-state index contributed by atoms with van der Waals surface area (Å²) in [4.78, 5) is 23.3. The third kappa shape index (κ3) is 9.12.